The highest BCUT2D eigenvalue weighted by Crippen LogP contribution is 2.27. The highest BCUT2D eigenvalue weighted by atomic mass is 16.4. The fraction of sp³-hybridized carbons (Fsp3) is 0.692. The molecule has 0 amide bonds. The first-order valence-electron chi connectivity index (χ1n) is 6.19. The fourth-order valence-electron chi connectivity index (χ4n) is 2.11. The van der Waals surface area contributed by atoms with E-state index in [4.69, 9.17) is 10.2 Å². The Morgan fingerprint density at radius 2 is 1.59 bits per heavy atom. The Bertz CT molecular complexity index is 289. The number of carboxylic acids is 2. The summed E-state index contributed by atoms with van der Waals surface area (Å²) in [6.07, 6.45) is 4.15. The van der Waals surface area contributed by atoms with E-state index in [1.165, 1.54) is 0 Å². The van der Waals surface area contributed by atoms with E-state index >= 15 is 0 Å². The van der Waals surface area contributed by atoms with Crippen LogP contribution in [0, 0.1) is 5.92 Å². The number of carboxylic acid groups (broad SMARTS) is 2. The van der Waals surface area contributed by atoms with E-state index in [2.05, 4.69) is 6.92 Å². The number of unbranched alkanes of at least 4 members (excludes halogenated alkanes) is 1. The largest absolute Gasteiger partial charge is 0.477 e. The maximum Gasteiger partial charge on any atom is 0.343 e. The van der Waals surface area contributed by atoms with Gasteiger partial charge >= 0.3 is 11.9 Å². The lowest BCUT2D eigenvalue weighted by molar-refractivity contribution is -0.140. The van der Waals surface area contributed by atoms with Crippen molar-refractivity contribution < 1.29 is 19.8 Å². The quantitative estimate of drug-likeness (QED) is 0.389. The molecule has 0 heterocycles. The van der Waals surface area contributed by atoms with E-state index < -0.39 is 17.5 Å². The maximum atomic E-state index is 11.0. The molecule has 0 bridgehead atoms. The molecule has 0 fully saturated rings. The van der Waals surface area contributed by atoms with Crippen LogP contribution in [0.4, 0.5) is 0 Å². The monoisotopic (exact) mass is 242 g/mol. The van der Waals surface area contributed by atoms with E-state index in [0.717, 1.165) is 25.7 Å². The van der Waals surface area contributed by atoms with Crippen LogP contribution in [0.5, 0.6) is 0 Å². The molecule has 1 unspecified atom stereocenters. The van der Waals surface area contributed by atoms with Gasteiger partial charge in [0.25, 0.3) is 0 Å². The lowest BCUT2D eigenvalue weighted by Crippen LogP contribution is -2.18. The van der Waals surface area contributed by atoms with Gasteiger partial charge < -0.3 is 10.2 Å². The van der Waals surface area contributed by atoms with Crippen LogP contribution < -0.4 is 0 Å². The average molecular weight is 242 g/mol. The van der Waals surface area contributed by atoms with Crippen molar-refractivity contribution in [2.75, 3.05) is 0 Å². The summed E-state index contributed by atoms with van der Waals surface area (Å²) in [4.78, 5) is 22.0. The third-order valence-electron chi connectivity index (χ3n) is 3.02. The van der Waals surface area contributed by atoms with E-state index in [9.17, 15) is 9.59 Å². The predicted octanol–water partition coefficient (Wildman–Crippen LogP) is 3.08. The van der Waals surface area contributed by atoms with Crippen LogP contribution in [0.3, 0.4) is 0 Å². The molecule has 0 rings (SSSR count). The molecule has 0 aromatic heterocycles. The van der Waals surface area contributed by atoms with Gasteiger partial charge in [-0.1, -0.05) is 33.6 Å². The topological polar surface area (TPSA) is 74.6 Å². The lowest BCUT2D eigenvalue weighted by Gasteiger charge is -2.19. The van der Waals surface area contributed by atoms with Crippen molar-refractivity contribution in [3.05, 3.63) is 11.1 Å². The van der Waals surface area contributed by atoms with E-state index in [-0.39, 0.29) is 5.92 Å². The number of aliphatic carboxylic acids is 2. The molecule has 0 aromatic carbocycles. The fourth-order valence-corrected chi connectivity index (χ4v) is 2.11. The molecule has 0 saturated carbocycles. The summed E-state index contributed by atoms with van der Waals surface area (Å²) in [5, 5.41) is 18.0. The number of carbonyl (C=O) groups is 2. The Kier molecular flexibility index (Phi) is 7.26. The van der Waals surface area contributed by atoms with Crippen molar-refractivity contribution in [2.24, 2.45) is 5.92 Å². The van der Waals surface area contributed by atoms with Crippen molar-refractivity contribution in [3.8, 4) is 0 Å². The minimum absolute atomic E-state index is 0.0714. The minimum Gasteiger partial charge on any atom is -0.477 e. The third kappa shape index (κ3) is 4.59. The third-order valence-corrected chi connectivity index (χ3v) is 3.02. The molecule has 0 aliphatic heterocycles. The summed E-state index contributed by atoms with van der Waals surface area (Å²) >= 11 is 0. The van der Waals surface area contributed by atoms with Gasteiger partial charge in [0, 0.05) is 0 Å². The molecular formula is C13H22O4. The van der Waals surface area contributed by atoms with Crippen molar-refractivity contribution in [1.82, 2.24) is 0 Å². The molecule has 4 nitrogen and oxygen atoms in total. The van der Waals surface area contributed by atoms with Crippen molar-refractivity contribution in [2.45, 2.75) is 52.9 Å². The minimum atomic E-state index is -1.33. The van der Waals surface area contributed by atoms with E-state index in [1.807, 2.05) is 13.8 Å². The summed E-state index contributed by atoms with van der Waals surface area (Å²) < 4.78 is 0. The summed E-state index contributed by atoms with van der Waals surface area (Å²) in [5.41, 5.74) is 0.136. The molecule has 0 aliphatic carbocycles. The first-order chi connectivity index (χ1) is 7.99. The Morgan fingerprint density at radius 1 is 1.06 bits per heavy atom. The molecule has 0 spiro atoms. The smallest absolute Gasteiger partial charge is 0.343 e. The lowest BCUT2D eigenvalue weighted by atomic mass is 9.86. The van der Waals surface area contributed by atoms with Gasteiger partial charge in [0.15, 0.2) is 0 Å². The van der Waals surface area contributed by atoms with Gasteiger partial charge in [-0.3, -0.25) is 0 Å². The molecule has 0 aliphatic rings. The molecule has 0 saturated heterocycles. The second-order valence-electron chi connectivity index (χ2n) is 4.11. The standard InChI is InChI=1S/C13H22O4/c1-4-7-8-9(5-2)10(6-3)11(12(14)15)13(16)17/h9H,4-8H2,1-3H3,(H,14,15)(H,16,17). The SMILES string of the molecule is CCCCC(CC)C(CC)=C(C(=O)O)C(=O)O. The van der Waals surface area contributed by atoms with Gasteiger partial charge in [-0.2, -0.15) is 0 Å². The maximum absolute atomic E-state index is 11.0. The highest BCUT2D eigenvalue weighted by Gasteiger charge is 2.25. The van der Waals surface area contributed by atoms with Gasteiger partial charge in [0.2, 0.25) is 0 Å². The summed E-state index contributed by atoms with van der Waals surface area (Å²) in [6.45, 7) is 5.85. The molecule has 0 aromatic rings. The van der Waals surface area contributed by atoms with Crippen molar-refractivity contribution >= 4 is 11.9 Å². The molecule has 2 N–H and O–H groups in total. The van der Waals surface area contributed by atoms with Crippen LogP contribution in [0.1, 0.15) is 52.9 Å². The molecule has 1 atom stereocenters. The average Bonchev–Trinajstić information content (AvgIpc) is 2.26. The van der Waals surface area contributed by atoms with Crippen LogP contribution >= 0.6 is 0 Å². The molecule has 0 radical (unpaired) electrons. The first-order valence-corrected chi connectivity index (χ1v) is 6.19. The summed E-state index contributed by atoms with van der Waals surface area (Å²) in [7, 11) is 0. The van der Waals surface area contributed by atoms with Gasteiger partial charge in [0.05, 0.1) is 0 Å². The first kappa shape index (κ1) is 15.7. The van der Waals surface area contributed by atoms with Crippen LogP contribution in [0.15, 0.2) is 11.1 Å². The van der Waals surface area contributed by atoms with Crippen molar-refractivity contribution in [3.63, 3.8) is 0 Å². The zero-order valence-corrected chi connectivity index (χ0v) is 10.8. The van der Waals surface area contributed by atoms with Crippen LogP contribution in [-0.4, -0.2) is 22.2 Å². The normalized spacial score (nSPS) is 11.9. The van der Waals surface area contributed by atoms with Gasteiger partial charge in [0.1, 0.15) is 5.57 Å². The zero-order chi connectivity index (χ0) is 13.4. The van der Waals surface area contributed by atoms with E-state index in [1.54, 1.807) is 0 Å². The molecule has 4 heteroatoms. The molecular weight excluding hydrogens is 220 g/mol. The predicted molar refractivity (Wildman–Crippen MR) is 65.9 cm³/mol. The van der Waals surface area contributed by atoms with Crippen LogP contribution in [-0.2, 0) is 9.59 Å². The Hall–Kier alpha value is -1.32. The van der Waals surface area contributed by atoms with Gasteiger partial charge in [-0.15, -0.1) is 0 Å². The number of hydrogen-bond acceptors (Lipinski definition) is 2. The van der Waals surface area contributed by atoms with Crippen LogP contribution in [0.25, 0.3) is 0 Å². The second kappa shape index (κ2) is 7.87. The second-order valence-corrected chi connectivity index (χ2v) is 4.11. The highest BCUT2D eigenvalue weighted by molar-refractivity contribution is 6.13. The molecule has 98 valence electrons. The summed E-state index contributed by atoms with van der Waals surface area (Å²) in [5.74, 6) is -2.59. The number of hydrogen-bond donors (Lipinski definition) is 2. The number of rotatable bonds is 8. The number of allylic oxidation sites excluding steroid dienone is 1. The molecule has 17 heavy (non-hydrogen) atoms. The summed E-state index contributed by atoms with van der Waals surface area (Å²) in [6, 6.07) is 0. The Balaban J connectivity index is 5.27. The Labute approximate surface area is 102 Å². The van der Waals surface area contributed by atoms with Crippen molar-refractivity contribution in [1.29, 1.82) is 0 Å². The van der Waals surface area contributed by atoms with Gasteiger partial charge in [-0.25, -0.2) is 9.59 Å². The van der Waals surface area contributed by atoms with E-state index in [0.29, 0.717) is 12.0 Å². The van der Waals surface area contributed by atoms with Crippen LogP contribution in [0.2, 0.25) is 0 Å². The Morgan fingerprint density at radius 3 is 1.88 bits per heavy atom. The van der Waals surface area contributed by atoms with Gasteiger partial charge in [-0.05, 0) is 30.8 Å². The zero-order valence-electron chi connectivity index (χ0n) is 10.8.